The molecule has 7 heteroatoms. The molecule has 2 rings (SSSR count). The van der Waals surface area contributed by atoms with Gasteiger partial charge in [0.1, 0.15) is 11.6 Å². The van der Waals surface area contributed by atoms with Crippen LogP contribution < -0.4 is 10.5 Å². The number of thiol groups is 1. The summed E-state index contributed by atoms with van der Waals surface area (Å²) in [6.07, 6.45) is 3.32. The van der Waals surface area contributed by atoms with Crippen LogP contribution in [0.3, 0.4) is 0 Å². The van der Waals surface area contributed by atoms with E-state index in [0.29, 0.717) is 24.8 Å². The Kier molecular flexibility index (Phi) is 6.96. The number of nitrogens with two attached hydrogens (primary N) is 1. The second kappa shape index (κ2) is 8.96. The van der Waals surface area contributed by atoms with E-state index in [1.54, 1.807) is 36.7 Å². The van der Waals surface area contributed by atoms with Crippen LogP contribution in [0, 0.1) is 13.8 Å². The predicted molar refractivity (Wildman–Crippen MR) is 101 cm³/mol. The molecule has 0 radical (unpaired) electrons. The molecule has 0 fully saturated rings. The molecule has 0 spiro atoms. The van der Waals surface area contributed by atoms with Crippen LogP contribution in [0.2, 0.25) is 0 Å². The van der Waals surface area contributed by atoms with Crippen LogP contribution in [0.5, 0.6) is 5.88 Å². The smallest absolute Gasteiger partial charge is 0.232 e. The van der Waals surface area contributed by atoms with E-state index in [1.807, 2.05) is 13.8 Å². The molecule has 0 atom stereocenters. The number of aromatic nitrogens is 2. The molecule has 2 aromatic rings. The van der Waals surface area contributed by atoms with Crippen molar-refractivity contribution < 1.29 is 9.47 Å². The molecule has 0 bridgehead atoms. The lowest BCUT2D eigenvalue weighted by Crippen LogP contribution is -2.05. The van der Waals surface area contributed by atoms with Crippen molar-refractivity contribution >= 4 is 30.1 Å². The van der Waals surface area contributed by atoms with Crippen molar-refractivity contribution in [1.29, 1.82) is 0 Å². The van der Waals surface area contributed by atoms with Crippen molar-refractivity contribution in [3.8, 4) is 5.88 Å². The molecular formula is C17H21N3O2S2. The van der Waals surface area contributed by atoms with Gasteiger partial charge in [-0.05, 0) is 42.5 Å². The molecule has 0 amide bonds. The number of hydrogen-bond donors (Lipinski definition) is 2. The van der Waals surface area contributed by atoms with E-state index in [4.69, 9.17) is 15.2 Å². The summed E-state index contributed by atoms with van der Waals surface area (Å²) in [5.74, 6) is 0.491. The number of benzene rings is 1. The first-order valence-corrected chi connectivity index (χ1v) is 8.71. The fourth-order valence-corrected chi connectivity index (χ4v) is 3.34. The van der Waals surface area contributed by atoms with E-state index >= 15 is 0 Å². The van der Waals surface area contributed by atoms with Gasteiger partial charge in [-0.1, -0.05) is 11.8 Å². The van der Waals surface area contributed by atoms with E-state index in [1.165, 1.54) is 0 Å². The minimum absolute atomic E-state index is 0.456. The van der Waals surface area contributed by atoms with Gasteiger partial charge in [0.05, 0.1) is 19.0 Å². The lowest BCUT2D eigenvalue weighted by Gasteiger charge is -2.12. The number of ether oxygens (including phenoxy) is 2. The van der Waals surface area contributed by atoms with Crippen molar-refractivity contribution in [2.45, 2.75) is 23.8 Å². The summed E-state index contributed by atoms with van der Waals surface area (Å²) < 4.78 is 10.3. The van der Waals surface area contributed by atoms with E-state index in [2.05, 4.69) is 34.7 Å². The third-order valence-electron chi connectivity index (χ3n) is 3.30. The van der Waals surface area contributed by atoms with Gasteiger partial charge in [-0.15, -0.1) is 12.6 Å². The molecule has 24 heavy (non-hydrogen) atoms. The highest BCUT2D eigenvalue weighted by Crippen LogP contribution is 2.31. The monoisotopic (exact) mass is 363 g/mol. The van der Waals surface area contributed by atoms with Crippen LogP contribution in [0.4, 0.5) is 0 Å². The summed E-state index contributed by atoms with van der Waals surface area (Å²) in [4.78, 5) is 9.71. The van der Waals surface area contributed by atoms with Gasteiger partial charge in [0.2, 0.25) is 5.88 Å². The number of aryl methyl sites for hydroxylation is 2. The zero-order valence-electron chi connectivity index (χ0n) is 13.9. The van der Waals surface area contributed by atoms with Crippen molar-refractivity contribution in [1.82, 2.24) is 9.97 Å². The van der Waals surface area contributed by atoms with Gasteiger partial charge in [0.15, 0.2) is 0 Å². The zero-order chi connectivity index (χ0) is 17.5. The van der Waals surface area contributed by atoms with Crippen LogP contribution in [0.1, 0.15) is 16.7 Å². The van der Waals surface area contributed by atoms with Gasteiger partial charge in [-0.2, -0.15) is 0 Å². The minimum atomic E-state index is 0.456. The molecule has 0 saturated heterocycles. The number of nitrogens with zero attached hydrogens (tertiary/aromatic N) is 2. The molecule has 128 valence electrons. The van der Waals surface area contributed by atoms with Crippen molar-refractivity contribution in [3.63, 3.8) is 0 Å². The SMILES string of the molecule is COCCOc1cnc(Sc2cc(C)c(/C(N)=C/S)c(C)c2)cn1. The highest BCUT2D eigenvalue weighted by molar-refractivity contribution is 7.99. The molecule has 2 N–H and O–H groups in total. The molecule has 0 aliphatic rings. The van der Waals surface area contributed by atoms with Crippen molar-refractivity contribution in [2.24, 2.45) is 5.73 Å². The van der Waals surface area contributed by atoms with Gasteiger partial charge in [0, 0.05) is 23.3 Å². The topological polar surface area (TPSA) is 70.3 Å². The number of methoxy groups -OCH3 is 1. The van der Waals surface area contributed by atoms with Crippen LogP contribution >= 0.6 is 24.4 Å². The van der Waals surface area contributed by atoms with Crippen molar-refractivity contribution in [2.75, 3.05) is 20.3 Å². The normalized spacial score (nSPS) is 11.6. The Morgan fingerprint density at radius 3 is 2.46 bits per heavy atom. The van der Waals surface area contributed by atoms with E-state index in [9.17, 15) is 0 Å². The third-order valence-corrected chi connectivity index (χ3v) is 4.47. The highest BCUT2D eigenvalue weighted by atomic mass is 32.2. The first kappa shape index (κ1) is 18.6. The molecule has 0 unspecified atom stereocenters. The largest absolute Gasteiger partial charge is 0.474 e. The summed E-state index contributed by atoms with van der Waals surface area (Å²) in [6, 6.07) is 4.17. The lowest BCUT2D eigenvalue weighted by atomic mass is 10.0. The first-order chi connectivity index (χ1) is 11.5. The molecule has 0 saturated carbocycles. The van der Waals surface area contributed by atoms with E-state index in [-0.39, 0.29) is 0 Å². The minimum Gasteiger partial charge on any atom is -0.474 e. The second-order valence-electron chi connectivity index (χ2n) is 5.15. The average molecular weight is 364 g/mol. The summed E-state index contributed by atoms with van der Waals surface area (Å²) in [5, 5.41) is 2.42. The Balaban J connectivity index is 2.11. The van der Waals surface area contributed by atoms with Crippen LogP contribution in [0.15, 0.2) is 39.9 Å². The summed E-state index contributed by atoms with van der Waals surface area (Å²) >= 11 is 5.69. The molecular weight excluding hydrogens is 342 g/mol. The fourth-order valence-electron chi connectivity index (χ4n) is 2.28. The molecule has 0 aliphatic heterocycles. The van der Waals surface area contributed by atoms with Crippen LogP contribution in [-0.2, 0) is 4.74 Å². The van der Waals surface area contributed by atoms with Gasteiger partial charge < -0.3 is 15.2 Å². The Morgan fingerprint density at radius 2 is 1.92 bits per heavy atom. The summed E-state index contributed by atoms with van der Waals surface area (Å²) in [5.41, 5.74) is 9.91. The summed E-state index contributed by atoms with van der Waals surface area (Å²) in [7, 11) is 1.63. The number of rotatable bonds is 7. The molecule has 1 heterocycles. The standard InChI is InChI=1S/C17H21N3O2S2/c1-11-6-13(7-12(2)17(11)14(18)10-23)24-16-9-19-15(8-20-16)22-5-4-21-3/h6-10,23H,4-5,18H2,1-3H3/b14-10-. The maximum atomic E-state index is 6.00. The highest BCUT2D eigenvalue weighted by Gasteiger charge is 2.09. The molecule has 5 nitrogen and oxygen atoms in total. The molecule has 1 aromatic carbocycles. The van der Waals surface area contributed by atoms with Gasteiger partial charge in [-0.25, -0.2) is 9.97 Å². The maximum Gasteiger partial charge on any atom is 0.232 e. The second-order valence-corrected chi connectivity index (χ2v) is 6.50. The van der Waals surface area contributed by atoms with Crippen LogP contribution in [-0.4, -0.2) is 30.3 Å². The Bertz CT molecular complexity index is 695. The average Bonchev–Trinajstić information content (AvgIpc) is 2.56. The third kappa shape index (κ3) is 4.90. The molecule has 1 aromatic heterocycles. The van der Waals surface area contributed by atoms with E-state index < -0.39 is 0 Å². The fraction of sp³-hybridized carbons (Fsp3) is 0.294. The Labute approximate surface area is 152 Å². The van der Waals surface area contributed by atoms with E-state index in [0.717, 1.165) is 26.6 Å². The van der Waals surface area contributed by atoms with Gasteiger partial charge in [-0.3, -0.25) is 0 Å². The van der Waals surface area contributed by atoms with Crippen molar-refractivity contribution in [3.05, 3.63) is 46.6 Å². The zero-order valence-corrected chi connectivity index (χ0v) is 15.7. The number of hydrogen-bond acceptors (Lipinski definition) is 7. The lowest BCUT2D eigenvalue weighted by molar-refractivity contribution is 0.143. The van der Waals surface area contributed by atoms with Gasteiger partial charge >= 0.3 is 0 Å². The maximum absolute atomic E-state index is 6.00. The summed E-state index contributed by atoms with van der Waals surface area (Å²) in [6.45, 7) is 5.05. The Morgan fingerprint density at radius 1 is 1.21 bits per heavy atom. The molecule has 0 aliphatic carbocycles. The first-order valence-electron chi connectivity index (χ1n) is 7.38. The quantitative estimate of drug-likeness (QED) is 0.580. The Hall–Kier alpha value is -1.70. The van der Waals surface area contributed by atoms with Gasteiger partial charge in [0.25, 0.3) is 0 Å². The predicted octanol–water partition coefficient (Wildman–Crippen LogP) is 3.46. The van der Waals surface area contributed by atoms with Crippen LogP contribution in [0.25, 0.3) is 5.70 Å².